The summed E-state index contributed by atoms with van der Waals surface area (Å²) in [6.07, 6.45) is 23.0. The molecule has 6 aliphatic carbocycles. The van der Waals surface area contributed by atoms with Gasteiger partial charge in [0.2, 0.25) is 0 Å². The van der Waals surface area contributed by atoms with Crippen LogP contribution in [0.3, 0.4) is 0 Å². The lowest BCUT2D eigenvalue weighted by molar-refractivity contribution is -0.212. The summed E-state index contributed by atoms with van der Waals surface area (Å²) in [6, 6.07) is 0.678. The van der Waals surface area contributed by atoms with Gasteiger partial charge in [0, 0.05) is 31.2 Å². The predicted octanol–water partition coefficient (Wildman–Crippen LogP) is 7.61. The lowest BCUT2D eigenvalue weighted by Gasteiger charge is -2.71. The fourth-order valence-corrected chi connectivity index (χ4v) is 14.1. The summed E-state index contributed by atoms with van der Waals surface area (Å²) < 4.78 is 5.87. The van der Waals surface area contributed by atoms with Crippen LogP contribution in [0.1, 0.15) is 118 Å². The van der Waals surface area contributed by atoms with Gasteiger partial charge in [-0.3, -0.25) is 9.69 Å². The number of ether oxygens (including phenoxy) is 1. The van der Waals surface area contributed by atoms with Crippen molar-refractivity contribution < 1.29 is 14.6 Å². The Labute approximate surface area is 267 Å². The molecule has 8 rings (SSSR count). The molecular formula is C39H60N2O3. The van der Waals surface area contributed by atoms with E-state index in [0.717, 1.165) is 56.2 Å². The van der Waals surface area contributed by atoms with Crippen LogP contribution in [0, 0.1) is 51.8 Å². The average molecular weight is 605 g/mol. The minimum atomic E-state index is -0.619. The monoisotopic (exact) mass is 604 g/mol. The summed E-state index contributed by atoms with van der Waals surface area (Å²) in [5, 5.41) is 13.8. The maximum absolute atomic E-state index is 11.6. The standard InChI is InChI=1S/C39H60N2O3/c1-25-30(26-7-9-27(10-8-26)35(42)43)13-16-36(2)31(25)14-17-38(4)34(36)12-11-32-33-6-5-15-39(33,19-18-37(32,38)3)40-20-21-41-23-29-22-28(41)24-44-29/h7,13,25,27-29,31-34,40H,5-6,8-12,14-24H2,1-4H3,(H,42,43)/t25?,27?,28?,29?,31?,32?,33-,34?,36?,37-,38?,39?/m1/s1. The minimum Gasteiger partial charge on any atom is -0.481 e. The van der Waals surface area contributed by atoms with E-state index in [9.17, 15) is 9.90 Å². The second-order valence-corrected chi connectivity index (χ2v) is 17.8. The highest BCUT2D eigenvalue weighted by molar-refractivity contribution is 5.70. The molecule has 12 atom stereocenters. The number of nitrogens with zero attached hydrogens (tertiary/aromatic N) is 1. The maximum Gasteiger partial charge on any atom is 0.306 e. The zero-order valence-corrected chi connectivity index (χ0v) is 28.2. The van der Waals surface area contributed by atoms with Gasteiger partial charge in [-0.05, 0) is 140 Å². The van der Waals surface area contributed by atoms with E-state index in [0.29, 0.717) is 46.3 Å². The Kier molecular flexibility index (Phi) is 7.32. The molecule has 0 aromatic heterocycles. The van der Waals surface area contributed by atoms with Crippen LogP contribution in [0.2, 0.25) is 0 Å². The summed E-state index contributed by atoms with van der Waals surface area (Å²) >= 11 is 0. The number of nitrogens with one attached hydrogen (secondary N) is 1. The molecule has 4 saturated carbocycles. The van der Waals surface area contributed by atoms with Gasteiger partial charge in [-0.25, -0.2) is 0 Å². The Morgan fingerprint density at radius 3 is 2.59 bits per heavy atom. The SMILES string of the molecule is CC1C(C2=CCC(C(=O)O)CC2)=CCC2(C)C1CCC1(C)C2CCC2[C@H]3CCCC3(NCCN3CC4CC3CO4)CC[C@]21C. The van der Waals surface area contributed by atoms with Crippen LogP contribution in [0.25, 0.3) is 0 Å². The Morgan fingerprint density at radius 2 is 1.86 bits per heavy atom. The molecule has 2 aliphatic heterocycles. The summed E-state index contributed by atoms with van der Waals surface area (Å²) in [5.74, 6) is 3.06. The van der Waals surface area contributed by atoms with E-state index in [4.69, 9.17) is 4.74 Å². The van der Waals surface area contributed by atoms with Gasteiger partial charge >= 0.3 is 5.97 Å². The number of hydrogen-bond acceptors (Lipinski definition) is 4. The first-order valence-corrected chi connectivity index (χ1v) is 18.8. The second kappa shape index (κ2) is 10.7. The highest BCUT2D eigenvalue weighted by Gasteiger charge is 2.68. The molecule has 244 valence electrons. The quantitative estimate of drug-likeness (QED) is 0.327. The fraction of sp³-hybridized carbons (Fsp3) is 0.872. The molecule has 6 fully saturated rings. The van der Waals surface area contributed by atoms with E-state index in [1.807, 2.05) is 0 Å². The van der Waals surface area contributed by atoms with Crippen LogP contribution in [0.4, 0.5) is 0 Å². The highest BCUT2D eigenvalue weighted by Crippen LogP contribution is 2.75. The molecule has 5 heteroatoms. The number of aliphatic carboxylic acids is 1. The van der Waals surface area contributed by atoms with Crippen molar-refractivity contribution in [3.05, 3.63) is 23.3 Å². The normalized spacial score (nSPS) is 51.5. The van der Waals surface area contributed by atoms with Gasteiger partial charge in [0.25, 0.3) is 0 Å². The number of hydrogen-bond donors (Lipinski definition) is 2. The largest absolute Gasteiger partial charge is 0.481 e. The van der Waals surface area contributed by atoms with E-state index in [2.05, 4.69) is 50.1 Å². The first-order valence-electron chi connectivity index (χ1n) is 18.8. The van der Waals surface area contributed by atoms with Crippen LogP contribution in [0.5, 0.6) is 0 Å². The van der Waals surface area contributed by atoms with E-state index in [1.165, 1.54) is 82.7 Å². The van der Waals surface area contributed by atoms with Gasteiger partial charge in [0.05, 0.1) is 18.6 Å². The zero-order chi connectivity index (χ0) is 30.5. The van der Waals surface area contributed by atoms with Gasteiger partial charge < -0.3 is 15.2 Å². The smallest absolute Gasteiger partial charge is 0.306 e. The second-order valence-electron chi connectivity index (χ2n) is 17.8. The number of carboxylic acids is 1. The Hall–Kier alpha value is -1.17. The summed E-state index contributed by atoms with van der Waals surface area (Å²) in [6.45, 7) is 15.2. The Morgan fingerprint density at radius 1 is 1.00 bits per heavy atom. The van der Waals surface area contributed by atoms with Gasteiger partial charge in [-0.1, -0.05) is 46.3 Å². The number of carboxylic acid groups (broad SMARTS) is 1. The number of rotatable bonds is 6. The van der Waals surface area contributed by atoms with Crippen molar-refractivity contribution in [2.75, 3.05) is 26.2 Å². The van der Waals surface area contributed by atoms with Crippen LogP contribution in [0.15, 0.2) is 23.3 Å². The molecule has 0 radical (unpaired) electrons. The maximum atomic E-state index is 11.6. The van der Waals surface area contributed by atoms with Gasteiger partial charge in [0.15, 0.2) is 0 Å². The summed E-state index contributed by atoms with van der Waals surface area (Å²) in [5.41, 5.74) is 4.69. The molecule has 2 bridgehead atoms. The van der Waals surface area contributed by atoms with Crippen molar-refractivity contribution in [2.45, 2.75) is 135 Å². The van der Waals surface area contributed by atoms with Crippen molar-refractivity contribution >= 4 is 5.97 Å². The third-order valence-electron chi connectivity index (χ3n) is 16.6. The van der Waals surface area contributed by atoms with Crippen molar-refractivity contribution in [3.8, 4) is 0 Å². The third-order valence-corrected chi connectivity index (χ3v) is 16.6. The van der Waals surface area contributed by atoms with Crippen molar-refractivity contribution in [1.82, 2.24) is 10.2 Å². The fourth-order valence-electron chi connectivity index (χ4n) is 14.1. The van der Waals surface area contributed by atoms with E-state index in [-0.39, 0.29) is 5.92 Å². The number of morpholine rings is 1. The molecule has 10 unspecified atom stereocenters. The molecule has 0 amide bonds. The van der Waals surface area contributed by atoms with E-state index >= 15 is 0 Å². The topological polar surface area (TPSA) is 61.8 Å². The van der Waals surface area contributed by atoms with Gasteiger partial charge in [0.1, 0.15) is 0 Å². The molecule has 44 heavy (non-hydrogen) atoms. The molecule has 2 heterocycles. The molecule has 2 saturated heterocycles. The molecule has 0 aromatic carbocycles. The molecular weight excluding hydrogens is 544 g/mol. The molecule has 5 nitrogen and oxygen atoms in total. The zero-order valence-electron chi connectivity index (χ0n) is 28.2. The predicted molar refractivity (Wildman–Crippen MR) is 175 cm³/mol. The molecule has 8 aliphatic rings. The summed E-state index contributed by atoms with van der Waals surface area (Å²) in [4.78, 5) is 14.3. The number of carbonyl (C=O) groups is 1. The van der Waals surface area contributed by atoms with Crippen LogP contribution >= 0.6 is 0 Å². The third kappa shape index (κ3) is 4.29. The van der Waals surface area contributed by atoms with Crippen LogP contribution in [-0.2, 0) is 9.53 Å². The highest BCUT2D eigenvalue weighted by atomic mass is 16.5. The number of fused-ring (bicyclic) bond motifs is 9. The van der Waals surface area contributed by atoms with E-state index in [1.54, 1.807) is 5.57 Å². The van der Waals surface area contributed by atoms with Crippen molar-refractivity contribution in [1.29, 1.82) is 0 Å². The van der Waals surface area contributed by atoms with Crippen LogP contribution < -0.4 is 5.32 Å². The number of allylic oxidation sites excluding steroid dienone is 4. The Balaban J connectivity index is 0.994. The van der Waals surface area contributed by atoms with Gasteiger partial charge in [-0.15, -0.1) is 0 Å². The molecule has 0 aromatic rings. The lowest BCUT2D eigenvalue weighted by Crippen LogP contribution is -2.67. The lowest BCUT2D eigenvalue weighted by atomic mass is 9.34. The molecule has 2 N–H and O–H groups in total. The van der Waals surface area contributed by atoms with Crippen LogP contribution in [-0.4, -0.2) is 59.9 Å². The Bertz CT molecular complexity index is 1230. The number of likely N-dealkylation sites (tertiary alicyclic amines) is 1. The first-order chi connectivity index (χ1) is 21.1. The van der Waals surface area contributed by atoms with Crippen molar-refractivity contribution in [3.63, 3.8) is 0 Å². The van der Waals surface area contributed by atoms with Crippen molar-refractivity contribution in [2.24, 2.45) is 51.8 Å². The summed E-state index contributed by atoms with van der Waals surface area (Å²) in [7, 11) is 0. The first kappa shape index (κ1) is 30.2. The average Bonchev–Trinajstić information content (AvgIpc) is 3.74. The minimum absolute atomic E-state index is 0.186. The molecule has 0 spiro atoms. The van der Waals surface area contributed by atoms with E-state index < -0.39 is 5.97 Å². The van der Waals surface area contributed by atoms with Gasteiger partial charge in [-0.2, -0.15) is 0 Å².